The van der Waals surface area contributed by atoms with Crippen LogP contribution in [0, 0.1) is 6.92 Å². The van der Waals surface area contributed by atoms with Gasteiger partial charge >= 0.3 is 5.97 Å². The second-order valence-electron chi connectivity index (χ2n) is 4.09. The first-order valence-corrected chi connectivity index (χ1v) is 7.01. The quantitative estimate of drug-likeness (QED) is 0.873. The highest BCUT2D eigenvalue weighted by atomic mass is 35.5. The van der Waals surface area contributed by atoms with E-state index in [1.54, 1.807) is 19.1 Å². The van der Waals surface area contributed by atoms with Gasteiger partial charge in [0.05, 0.1) is 30.6 Å². The molecule has 0 saturated heterocycles. The summed E-state index contributed by atoms with van der Waals surface area (Å²) in [4.78, 5) is 11.3. The first-order chi connectivity index (χ1) is 9.97. The Labute approximate surface area is 130 Å². The maximum absolute atomic E-state index is 11.3. The van der Waals surface area contributed by atoms with Crippen molar-refractivity contribution in [3.63, 3.8) is 0 Å². The fourth-order valence-electron chi connectivity index (χ4n) is 1.79. The number of rotatable bonds is 5. The first-order valence-electron chi connectivity index (χ1n) is 5.86. The summed E-state index contributed by atoms with van der Waals surface area (Å²) < 4.78 is 14.4. The SMILES string of the molecule is COc1cc(OC)c(Nc2snc(C)c2C(=O)O)cc1Cl. The van der Waals surface area contributed by atoms with E-state index in [4.69, 9.17) is 21.1 Å². The summed E-state index contributed by atoms with van der Waals surface area (Å²) in [6, 6.07) is 3.24. The lowest BCUT2D eigenvalue weighted by Gasteiger charge is -2.13. The number of aryl methyl sites for hydroxylation is 1. The Kier molecular flexibility index (Phi) is 4.54. The van der Waals surface area contributed by atoms with Gasteiger partial charge in [0, 0.05) is 6.07 Å². The number of anilines is 2. The number of hydrogen-bond donors (Lipinski definition) is 2. The minimum Gasteiger partial charge on any atom is -0.495 e. The average molecular weight is 329 g/mol. The lowest BCUT2D eigenvalue weighted by Crippen LogP contribution is -2.02. The Morgan fingerprint density at radius 2 is 2.00 bits per heavy atom. The highest BCUT2D eigenvalue weighted by molar-refractivity contribution is 7.10. The molecule has 0 atom stereocenters. The van der Waals surface area contributed by atoms with Crippen LogP contribution in [0.5, 0.6) is 11.5 Å². The number of benzene rings is 1. The predicted molar refractivity (Wildman–Crippen MR) is 81.6 cm³/mol. The topological polar surface area (TPSA) is 80.7 Å². The number of aromatic carboxylic acids is 1. The standard InChI is InChI=1S/C13H13ClN2O4S/c1-6-11(13(17)18)12(21-16-6)15-8-4-7(14)9(19-2)5-10(8)20-3/h4-5,15H,1-3H3,(H,17,18). The van der Waals surface area contributed by atoms with Crippen LogP contribution in [0.2, 0.25) is 5.02 Å². The number of aromatic nitrogens is 1. The monoisotopic (exact) mass is 328 g/mol. The third kappa shape index (κ3) is 3.03. The van der Waals surface area contributed by atoms with E-state index in [0.29, 0.717) is 32.9 Å². The molecule has 2 aromatic rings. The van der Waals surface area contributed by atoms with Gasteiger partial charge in [0.25, 0.3) is 0 Å². The second-order valence-corrected chi connectivity index (χ2v) is 5.27. The van der Waals surface area contributed by atoms with Crippen molar-refractivity contribution in [2.45, 2.75) is 6.92 Å². The molecule has 112 valence electrons. The Bertz CT molecular complexity index is 687. The van der Waals surface area contributed by atoms with Crippen LogP contribution < -0.4 is 14.8 Å². The Morgan fingerprint density at radius 3 is 2.57 bits per heavy atom. The molecule has 0 unspecified atom stereocenters. The van der Waals surface area contributed by atoms with Gasteiger partial charge in [0.1, 0.15) is 22.1 Å². The van der Waals surface area contributed by atoms with E-state index in [1.807, 2.05) is 0 Å². The van der Waals surface area contributed by atoms with Gasteiger partial charge in [0.2, 0.25) is 0 Å². The number of nitrogens with one attached hydrogen (secondary N) is 1. The van der Waals surface area contributed by atoms with Crippen LogP contribution >= 0.6 is 23.1 Å². The van der Waals surface area contributed by atoms with E-state index >= 15 is 0 Å². The normalized spacial score (nSPS) is 10.3. The van der Waals surface area contributed by atoms with Gasteiger partial charge in [-0.1, -0.05) is 11.6 Å². The molecule has 0 radical (unpaired) electrons. The van der Waals surface area contributed by atoms with Crippen molar-refractivity contribution in [3.05, 3.63) is 28.4 Å². The zero-order chi connectivity index (χ0) is 15.6. The molecule has 0 aliphatic carbocycles. The highest BCUT2D eigenvalue weighted by Gasteiger charge is 2.19. The number of nitrogens with zero attached hydrogens (tertiary/aromatic N) is 1. The molecule has 0 spiro atoms. The average Bonchev–Trinajstić information content (AvgIpc) is 2.80. The molecule has 2 rings (SSSR count). The molecule has 6 nitrogen and oxygen atoms in total. The molecule has 0 bridgehead atoms. The van der Waals surface area contributed by atoms with E-state index in [1.165, 1.54) is 14.2 Å². The van der Waals surface area contributed by atoms with Crippen molar-refractivity contribution in [3.8, 4) is 11.5 Å². The van der Waals surface area contributed by atoms with Crippen LogP contribution in [0.3, 0.4) is 0 Å². The molecule has 0 fully saturated rings. The van der Waals surface area contributed by atoms with Crippen LogP contribution in [0.4, 0.5) is 10.7 Å². The number of methoxy groups -OCH3 is 2. The van der Waals surface area contributed by atoms with Crippen molar-refractivity contribution < 1.29 is 19.4 Å². The minimum absolute atomic E-state index is 0.133. The Hall–Kier alpha value is -1.99. The van der Waals surface area contributed by atoms with Crippen molar-refractivity contribution in [1.82, 2.24) is 4.37 Å². The Balaban J connectivity index is 2.44. The zero-order valence-corrected chi connectivity index (χ0v) is 13.1. The van der Waals surface area contributed by atoms with Gasteiger partial charge in [-0.25, -0.2) is 4.79 Å². The third-order valence-corrected chi connectivity index (χ3v) is 3.95. The van der Waals surface area contributed by atoms with E-state index < -0.39 is 5.97 Å². The van der Waals surface area contributed by atoms with Crippen molar-refractivity contribution >= 4 is 39.8 Å². The van der Waals surface area contributed by atoms with Crippen molar-refractivity contribution in [1.29, 1.82) is 0 Å². The van der Waals surface area contributed by atoms with E-state index in [9.17, 15) is 9.90 Å². The minimum atomic E-state index is -1.04. The predicted octanol–water partition coefficient (Wildman–Crippen LogP) is 3.56. The number of hydrogen-bond acceptors (Lipinski definition) is 6. The number of carboxylic acid groups (broad SMARTS) is 1. The summed E-state index contributed by atoms with van der Waals surface area (Å²) in [7, 11) is 3.01. The van der Waals surface area contributed by atoms with Crippen molar-refractivity contribution in [2.24, 2.45) is 0 Å². The summed E-state index contributed by atoms with van der Waals surface area (Å²) >= 11 is 7.15. The largest absolute Gasteiger partial charge is 0.495 e. The van der Waals surface area contributed by atoms with Crippen LogP contribution in [0.25, 0.3) is 0 Å². The van der Waals surface area contributed by atoms with Gasteiger partial charge in [-0.3, -0.25) is 0 Å². The van der Waals surface area contributed by atoms with Gasteiger partial charge in [-0.2, -0.15) is 4.37 Å². The fourth-order valence-corrected chi connectivity index (χ4v) is 2.83. The van der Waals surface area contributed by atoms with Crippen LogP contribution in [-0.2, 0) is 0 Å². The molecule has 1 aromatic carbocycles. The summed E-state index contributed by atoms with van der Waals surface area (Å²) in [6.07, 6.45) is 0. The van der Waals surface area contributed by atoms with Gasteiger partial charge < -0.3 is 19.9 Å². The molecular formula is C13H13ClN2O4S. The third-order valence-electron chi connectivity index (χ3n) is 2.80. The van der Waals surface area contributed by atoms with Crippen LogP contribution in [0.15, 0.2) is 12.1 Å². The Morgan fingerprint density at radius 1 is 1.33 bits per heavy atom. The lowest BCUT2D eigenvalue weighted by molar-refractivity contribution is 0.0697. The lowest BCUT2D eigenvalue weighted by atomic mass is 10.2. The summed E-state index contributed by atoms with van der Waals surface area (Å²) in [5, 5.41) is 13.0. The molecule has 1 aromatic heterocycles. The van der Waals surface area contributed by atoms with Gasteiger partial charge in [0.15, 0.2) is 0 Å². The maximum Gasteiger partial charge on any atom is 0.340 e. The zero-order valence-electron chi connectivity index (χ0n) is 11.6. The van der Waals surface area contributed by atoms with Crippen molar-refractivity contribution in [2.75, 3.05) is 19.5 Å². The number of carbonyl (C=O) groups is 1. The summed E-state index contributed by atoms with van der Waals surface area (Å²) in [5.41, 5.74) is 1.12. The molecule has 0 saturated carbocycles. The van der Waals surface area contributed by atoms with Gasteiger partial charge in [-0.05, 0) is 24.5 Å². The molecule has 8 heteroatoms. The number of halogens is 1. The summed E-state index contributed by atoms with van der Waals surface area (Å²) in [5.74, 6) is -0.0843. The summed E-state index contributed by atoms with van der Waals surface area (Å²) in [6.45, 7) is 1.64. The molecule has 1 heterocycles. The molecule has 0 aliphatic rings. The molecule has 21 heavy (non-hydrogen) atoms. The van der Waals surface area contributed by atoms with Crippen LogP contribution in [0.1, 0.15) is 16.1 Å². The smallest absolute Gasteiger partial charge is 0.340 e. The van der Waals surface area contributed by atoms with Gasteiger partial charge in [-0.15, -0.1) is 0 Å². The van der Waals surface area contributed by atoms with E-state index in [2.05, 4.69) is 9.69 Å². The highest BCUT2D eigenvalue weighted by Crippen LogP contribution is 2.39. The first kappa shape index (κ1) is 15.4. The maximum atomic E-state index is 11.3. The van der Waals surface area contributed by atoms with Crippen LogP contribution in [-0.4, -0.2) is 29.7 Å². The van der Waals surface area contributed by atoms with E-state index in [-0.39, 0.29) is 5.56 Å². The fraction of sp³-hybridized carbons (Fsp3) is 0.231. The molecule has 0 aliphatic heterocycles. The number of ether oxygens (including phenoxy) is 2. The molecule has 2 N–H and O–H groups in total. The second kappa shape index (κ2) is 6.19. The molecular weight excluding hydrogens is 316 g/mol. The molecule has 0 amide bonds. The van der Waals surface area contributed by atoms with E-state index in [0.717, 1.165) is 11.5 Å². The number of carboxylic acids is 1.